The van der Waals surface area contributed by atoms with E-state index in [1.54, 1.807) is 17.2 Å². The number of pyridine rings is 1. The number of piperidine rings is 1. The summed E-state index contributed by atoms with van der Waals surface area (Å²) in [6.45, 7) is 13.0. The highest BCUT2D eigenvalue weighted by Gasteiger charge is 2.55. The van der Waals surface area contributed by atoms with Crippen molar-refractivity contribution in [3.05, 3.63) is 52.8 Å². The summed E-state index contributed by atoms with van der Waals surface area (Å²) in [5.74, 6) is 2.07. The van der Waals surface area contributed by atoms with Crippen LogP contribution >= 0.6 is 24.0 Å². The number of hydrogen-bond donors (Lipinski definition) is 2. The van der Waals surface area contributed by atoms with Crippen molar-refractivity contribution >= 4 is 53.0 Å². The SMILES string of the molecule is CC.CC(C)(C)OC(=O)N1CCC2(CC1)CC2C=O.CCC(=O)CCCCCCc1ncc(-c2ccc3[nH]c(=O)ccc3c2)o1.CN.I. The third-order valence-electron chi connectivity index (χ3n) is 8.38. The third-order valence-corrected chi connectivity index (χ3v) is 8.38. The number of oxazole rings is 1. The second-order valence-electron chi connectivity index (χ2n) is 12.8. The first kappa shape index (κ1) is 43.0. The smallest absolute Gasteiger partial charge is 0.410 e. The molecule has 2 aliphatic rings. The van der Waals surface area contributed by atoms with Gasteiger partial charge in [0.2, 0.25) is 5.56 Å². The second-order valence-corrected chi connectivity index (χ2v) is 12.8. The molecule has 268 valence electrons. The van der Waals surface area contributed by atoms with Crippen molar-refractivity contribution in [1.29, 1.82) is 0 Å². The highest BCUT2D eigenvalue weighted by molar-refractivity contribution is 14.0. The Morgan fingerprint density at radius 2 is 1.75 bits per heavy atom. The Labute approximate surface area is 303 Å². The Balaban J connectivity index is 0.000000455. The van der Waals surface area contributed by atoms with Gasteiger partial charge in [-0.15, -0.1) is 24.0 Å². The highest BCUT2D eigenvalue weighted by atomic mass is 127. The van der Waals surface area contributed by atoms with Gasteiger partial charge in [0.15, 0.2) is 11.7 Å². The number of amides is 1. The lowest BCUT2D eigenvalue weighted by atomic mass is 9.91. The number of ketones is 1. The number of rotatable bonds is 10. The van der Waals surface area contributed by atoms with Gasteiger partial charge in [0.1, 0.15) is 17.7 Å². The first-order valence-corrected chi connectivity index (χ1v) is 17.1. The number of carbonyl (C=O) groups excluding carboxylic acids is 3. The average molecular weight is 781 g/mol. The third kappa shape index (κ3) is 13.4. The van der Waals surface area contributed by atoms with Gasteiger partial charge in [-0.1, -0.05) is 33.6 Å². The Bertz CT molecular complexity index is 1470. The van der Waals surface area contributed by atoms with Crippen LogP contribution in [0.2, 0.25) is 0 Å². The van der Waals surface area contributed by atoms with E-state index in [2.05, 4.69) is 15.7 Å². The minimum absolute atomic E-state index is 0. The number of aryl methyl sites for hydroxylation is 1. The molecule has 2 aromatic heterocycles. The minimum Gasteiger partial charge on any atom is -0.444 e. The topological polar surface area (TPSA) is 149 Å². The summed E-state index contributed by atoms with van der Waals surface area (Å²) in [7, 11) is 1.50. The molecule has 0 bridgehead atoms. The maximum Gasteiger partial charge on any atom is 0.410 e. The van der Waals surface area contributed by atoms with Gasteiger partial charge in [0.05, 0.1) is 6.20 Å². The van der Waals surface area contributed by atoms with Gasteiger partial charge in [-0.3, -0.25) is 9.59 Å². The van der Waals surface area contributed by atoms with E-state index in [-0.39, 0.29) is 47.0 Å². The summed E-state index contributed by atoms with van der Waals surface area (Å²) in [5.41, 5.74) is 5.94. The molecule has 10 nitrogen and oxygen atoms in total. The van der Waals surface area contributed by atoms with Gasteiger partial charge in [-0.05, 0) is 95.0 Å². The molecule has 1 atom stereocenters. The number of unbranched alkanes of at least 4 members (excludes halogenated alkanes) is 3. The van der Waals surface area contributed by atoms with Crippen molar-refractivity contribution in [2.24, 2.45) is 17.1 Å². The number of hydrogen-bond acceptors (Lipinski definition) is 8. The number of fused-ring (bicyclic) bond motifs is 1. The quantitative estimate of drug-likeness (QED) is 0.119. The van der Waals surface area contributed by atoms with Crippen LogP contribution in [0.3, 0.4) is 0 Å². The lowest BCUT2D eigenvalue weighted by Crippen LogP contribution is -2.42. The van der Waals surface area contributed by atoms with Crippen molar-refractivity contribution in [2.45, 2.75) is 111 Å². The van der Waals surface area contributed by atoms with Crippen LogP contribution in [0.15, 0.2) is 45.7 Å². The molecule has 1 aliphatic carbocycles. The first-order chi connectivity index (χ1) is 22.5. The molecule has 1 aliphatic heterocycles. The number of benzene rings is 1. The predicted molar refractivity (Wildman–Crippen MR) is 203 cm³/mol. The van der Waals surface area contributed by atoms with Gasteiger partial charge in [0, 0.05) is 55.4 Å². The molecule has 1 saturated heterocycles. The zero-order valence-electron chi connectivity index (χ0n) is 29.9. The fourth-order valence-electron chi connectivity index (χ4n) is 5.60. The summed E-state index contributed by atoms with van der Waals surface area (Å²) >= 11 is 0. The van der Waals surface area contributed by atoms with Gasteiger partial charge in [-0.25, -0.2) is 9.78 Å². The number of halogens is 1. The fraction of sp³-hybridized carbons (Fsp3) is 0.595. The van der Waals surface area contributed by atoms with Crippen LogP contribution in [0.25, 0.3) is 22.2 Å². The summed E-state index contributed by atoms with van der Waals surface area (Å²) in [6, 6.07) is 9.11. The molecule has 48 heavy (non-hydrogen) atoms. The van der Waals surface area contributed by atoms with Gasteiger partial charge >= 0.3 is 6.09 Å². The van der Waals surface area contributed by atoms with Crippen LogP contribution in [-0.2, 0) is 20.7 Å². The molecule has 11 heteroatoms. The maximum absolute atomic E-state index is 11.8. The number of aromatic amines is 1. The zero-order chi connectivity index (χ0) is 35.0. The van der Waals surface area contributed by atoms with E-state index in [1.807, 2.05) is 59.7 Å². The molecule has 0 radical (unpaired) electrons. The van der Waals surface area contributed by atoms with E-state index in [0.29, 0.717) is 18.6 Å². The van der Waals surface area contributed by atoms with E-state index in [9.17, 15) is 19.2 Å². The molecular formula is C37H57IN4O6. The molecule has 1 aromatic carbocycles. The normalized spacial score (nSPS) is 15.8. The molecule has 3 N–H and O–H groups in total. The molecule has 1 amide bonds. The summed E-state index contributed by atoms with van der Waals surface area (Å²) in [4.78, 5) is 54.1. The van der Waals surface area contributed by atoms with Crippen LogP contribution in [0, 0.1) is 11.3 Å². The van der Waals surface area contributed by atoms with Crippen molar-refractivity contribution in [3.63, 3.8) is 0 Å². The molecule has 1 unspecified atom stereocenters. The maximum atomic E-state index is 11.8. The number of nitrogens with one attached hydrogen (secondary N) is 1. The van der Waals surface area contributed by atoms with Crippen LogP contribution in [0.1, 0.15) is 105 Å². The standard InChI is InChI=1S/C21H24N2O3.C13H21NO3.C2H6.CH5N.HI/c1-2-17(24)7-5-3-4-6-8-21-22-14-19(26-21)16-9-11-18-15(13-16)10-12-20(25)23-18;1-12(2,3)17-11(16)14-6-4-13(5-7-14)8-10(13)9-15;2*1-2;/h9-14H,2-8H2,1H3,(H,23,25);9-10H,4-8H2,1-3H3;1-2H3;2H2,1H3;1H. The largest absolute Gasteiger partial charge is 0.444 e. The number of carbonyl (C=O) groups is 3. The molecule has 2 fully saturated rings. The number of aromatic nitrogens is 2. The summed E-state index contributed by atoms with van der Waals surface area (Å²) < 4.78 is 11.2. The van der Waals surface area contributed by atoms with Crippen molar-refractivity contribution in [3.8, 4) is 11.3 Å². The summed E-state index contributed by atoms with van der Waals surface area (Å²) in [6.07, 6.45) is 11.8. The van der Waals surface area contributed by atoms with Gasteiger partial charge in [-0.2, -0.15) is 0 Å². The van der Waals surface area contributed by atoms with E-state index in [1.165, 1.54) is 13.1 Å². The number of aldehydes is 1. The second kappa shape index (κ2) is 21.1. The molecular weight excluding hydrogens is 723 g/mol. The van der Waals surface area contributed by atoms with Gasteiger partial charge in [0.25, 0.3) is 0 Å². The van der Waals surface area contributed by atoms with Crippen LogP contribution in [-0.4, -0.2) is 58.8 Å². The number of nitrogens with two attached hydrogens (primary N) is 1. The first-order valence-electron chi connectivity index (χ1n) is 17.1. The monoisotopic (exact) mass is 780 g/mol. The van der Waals surface area contributed by atoms with Crippen molar-refractivity contribution < 1.29 is 23.5 Å². The Morgan fingerprint density at radius 1 is 1.08 bits per heavy atom. The zero-order valence-corrected chi connectivity index (χ0v) is 32.3. The number of likely N-dealkylation sites (tertiary alicyclic amines) is 1. The number of Topliss-reactive ketones (excluding diaryl/α,β-unsaturated/α-hetero) is 1. The molecule has 3 aromatic rings. The van der Waals surface area contributed by atoms with E-state index >= 15 is 0 Å². The van der Waals surface area contributed by atoms with Crippen LogP contribution in [0.5, 0.6) is 0 Å². The lowest BCUT2D eigenvalue weighted by molar-refractivity contribution is -0.118. The summed E-state index contributed by atoms with van der Waals surface area (Å²) in [5, 5.41) is 0.960. The van der Waals surface area contributed by atoms with Crippen molar-refractivity contribution in [1.82, 2.24) is 14.9 Å². The van der Waals surface area contributed by atoms with Crippen LogP contribution in [0.4, 0.5) is 4.79 Å². The van der Waals surface area contributed by atoms with E-state index in [0.717, 1.165) is 98.9 Å². The minimum atomic E-state index is -0.433. The van der Waals surface area contributed by atoms with E-state index < -0.39 is 5.60 Å². The molecule has 3 heterocycles. The van der Waals surface area contributed by atoms with Crippen molar-refractivity contribution in [2.75, 3.05) is 20.1 Å². The van der Waals surface area contributed by atoms with Gasteiger partial charge < -0.3 is 29.6 Å². The Hall–Kier alpha value is -3.06. The lowest BCUT2D eigenvalue weighted by Gasteiger charge is -2.33. The highest BCUT2D eigenvalue weighted by Crippen LogP contribution is 2.58. The number of nitrogens with zero attached hydrogens (tertiary/aromatic N) is 2. The average Bonchev–Trinajstić information content (AvgIpc) is 3.52. The van der Waals surface area contributed by atoms with E-state index in [4.69, 9.17) is 9.15 Å². The number of H-pyrrole nitrogens is 1. The number of ether oxygens (including phenoxy) is 1. The Morgan fingerprint density at radius 3 is 2.35 bits per heavy atom. The molecule has 5 rings (SSSR count). The van der Waals surface area contributed by atoms with Crippen LogP contribution < -0.4 is 11.3 Å². The molecule has 1 saturated carbocycles. The fourth-order valence-corrected chi connectivity index (χ4v) is 5.60. The Kier molecular flexibility index (Phi) is 18.9. The molecule has 1 spiro atoms. The predicted octanol–water partition coefficient (Wildman–Crippen LogP) is 8.10.